The number of carbonyl (C=O) groups excluding carboxylic acids is 1. The van der Waals surface area contributed by atoms with Gasteiger partial charge >= 0.3 is 0 Å². The highest BCUT2D eigenvalue weighted by Gasteiger charge is 2.33. The monoisotopic (exact) mass is 344 g/mol. The lowest BCUT2D eigenvalue weighted by Crippen LogP contribution is -2.43. The molecule has 0 radical (unpaired) electrons. The van der Waals surface area contributed by atoms with Crippen molar-refractivity contribution in [2.75, 3.05) is 6.54 Å². The summed E-state index contributed by atoms with van der Waals surface area (Å²) in [5.41, 5.74) is 6.73. The molecule has 0 saturated heterocycles. The van der Waals surface area contributed by atoms with Gasteiger partial charge in [-0.05, 0) is 48.6 Å². The molecule has 0 aromatic heterocycles. The summed E-state index contributed by atoms with van der Waals surface area (Å²) in [6.07, 6.45) is 2.26. The van der Waals surface area contributed by atoms with Gasteiger partial charge in [-0.2, -0.15) is 0 Å². The molecule has 1 aliphatic carbocycles. The van der Waals surface area contributed by atoms with Gasteiger partial charge in [-0.25, -0.2) is 4.39 Å². The second-order valence-corrected chi connectivity index (χ2v) is 7.23. The van der Waals surface area contributed by atoms with E-state index < -0.39 is 0 Å². The van der Waals surface area contributed by atoms with Crippen molar-refractivity contribution >= 4 is 17.7 Å². The second kappa shape index (κ2) is 7.81. The Morgan fingerprint density at radius 2 is 1.83 bits per heavy atom. The van der Waals surface area contributed by atoms with Gasteiger partial charge in [0.25, 0.3) is 0 Å². The van der Waals surface area contributed by atoms with Crippen molar-refractivity contribution in [3.05, 3.63) is 66.0 Å². The Balaban J connectivity index is 1.78. The lowest BCUT2D eigenvalue weighted by molar-refractivity contribution is -0.121. The first-order valence-electron chi connectivity index (χ1n) is 8.15. The maximum absolute atomic E-state index is 13.1. The second-order valence-electron chi connectivity index (χ2n) is 6.05. The quantitative estimate of drug-likeness (QED) is 0.756. The molecule has 0 heterocycles. The first-order valence-corrected chi connectivity index (χ1v) is 9.03. The molecule has 1 amide bonds. The predicted octanol–water partition coefficient (Wildman–Crippen LogP) is 3.51. The van der Waals surface area contributed by atoms with Crippen LogP contribution in [-0.2, 0) is 4.79 Å². The molecule has 2 aromatic carbocycles. The van der Waals surface area contributed by atoms with Crippen molar-refractivity contribution in [3.8, 4) is 0 Å². The van der Waals surface area contributed by atoms with Gasteiger partial charge in [-0.15, -0.1) is 11.8 Å². The Bertz CT molecular complexity index is 674. The third kappa shape index (κ3) is 4.36. The van der Waals surface area contributed by atoms with E-state index in [0.29, 0.717) is 12.5 Å². The van der Waals surface area contributed by atoms with Crippen molar-refractivity contribution in [1.29, 1.82) is 0 Å². The van der Waals surface area contributed by atoms with Crippen LogP contribution in [0.15, 0.2) is 59.5 Å². The van der Waals surface area contributed by atoms with Crippen molar-refractivity contribution in [1.82, 2.24) is 5.32 Å². The Labute approximate surface area is 145 Å². The Morgan fingerprint density at radius 1 is 1.17 bits per heavy atom. The lowest BCUT2D eigenvalue weighted by Gasteiger charge is -2.22. The third-order valence-corrected chi connectivity index (χ3v) is 5.45. The molecule has 0 aliphatic heterocycles. The van der Waals surface area contributed by atoms with E-state index in [-0.39, 0.29) is 23.0 Å². The normalized spacial score (nSPS) is 16.4. The van der Waals surface area contributed by atoms with Gasteiger partial charge < -0.3 is 11.1 Å². The van der Waals surface area contributed by atoms with Crippen LogP contribution in [0.2, 0.25) is 0 Å². The van der Waals surface area contributed by atoms with Gasteiger partial charge in [0.15, 0.2) is 0 Å². The molecule has 2 aromatic rings. The summed E-state index contributed by atoms with van der Waals surface area (Å²) in [6, 6.07) is 15.9. The van der Waals surface area contributed by atoms with Crippen LogP contribution >= 0.6 is 11.8 Å². The molecule has 126 valence electrons. The fraction of sp³-hybridized carbons (Fsp3) is 0.316. The number of hydrogen-bond donors (Lipinski definition) is 2. The van der Waals surface area contributed by atoms with E-state index in [9.17, 15) is 9.18 Å². The number of nitrogens with two attached hydrogens (primary N) is 1. The molecule has 2 unspecified atom stereocenters. The molecule has 3 nitrogen and oxygen atoms in total. The zero-order valence-electron chi connectivity index (χ0n) is 13.3. The highest BCUT2D eigenvalue weighted by Crippen LogP contribution is 2.37. The van der Waals surface area contributed by atoms with E-state index in [1.807, 2.05) is 30.3 Å². The fourth-order valence-electron chi connectivity index (χ4n) is 2.68. The Morgan fingerprint density at radius 3 is 2.42 bits per heavy atom. The minimum atomic E-state index is -0.385. The summed E-state index contributed by atoms with van der Waals surface area (Å²) < 4.78 is 13.1. The largest absolute Gasteiger partial charge is 0.351 e. The van der Waals surface area contributed by atoms with Crippen LogP contribution in [0.3, 0.4) is 0 Å². The van der Waals surface area contributed by atoms with Crippen LogP contribution in [0.1, 0.15) is 23.7 Å². The molecule has 24 heavy (non-hydrogen) atoms. The van der Waals surface area contributed by atoms with Crippen molar-refractivity contribution in [3.63, 3.8) is 0 Å². The van der Waals surface area contributed by atoms with E-state index in [2.05, 4.69) is 5.32 Å². The van der Waals surface area contributed by atoms with Gasteiger partial charge in [0.05, 0.1) is 0 Å². The first kappa shape index (κ1) is 17.0. The minimum absolute atomic E-state index is 0.0394. The lowest BCUT2D eigenvalue weighted by atomic mass is 10.1. The number of halogens is 1. The van der Waals surface area contributed by atoms with Gasteiger partial charge in [-0.3, -0.25) is 4.79 Å². The van der Waals surface area contributed by atoms with E-state index >= 15 is 0 Å². The topological polar surface area (TPSA) is 55.1 Å². The zero-order chi connectivity index (χ0) is 16.9. The Hall–Kier alpha value is -1.85. The fourth-order valence-corrected chi connectivity index (χ4v) is 3.71. The molecule has 3 N–H and O–H groups in total. The Kier molecular flexibility index (Phi) is 5.53. The van der Waals surface area contributed by atoms with Gasteiger partial charge in [0.1, 0.15) is 11.1 Å². The molecule has 0 bridgehead atoms. The standard InChI is InChI=1S/C19H21FN2OS/c20-15-8-10-16(11-9-15)24-18(14-4-2-1-3-5-14)19(23)22-17(12-21)13-6-7-13/h1-5,8-11,13,17-18H,6-7,12,21H2,(H,22,23). The highest BCUT2D eigenvalue weighted by molar-refractivity contribution is 8.00. The van der Waals surface area contributed by atoms with Crippen LogP contribution in [0.4, 0.5) is 4.39 Å². The number of rotatable bonds is 7. The molecule has 2 atom stereocenters. The van der Waals surface area contributed by atoms with Crippen LogP contribution in [0, 0.1) is 11.7 Å². The molecule has 1 aliphatic rings. The number of nitrogens with one attached hydrogen (secondary N) is 1. The van der Waals surface area contributed by atoms with E-state index in [1.54, 1.807) is 12.1 Å². The molecule has 1 fully saturated rings. The van der Waals surface area contributed by atoms with Crippen LogP contribution < -0.4 is 11.1 Å². The van der Waals surface area contributed by atoms with E-state index in [1.165, 1.54) is 23.9 Å². The molecular formula is C19H21FN2OS. The number of amides is 1. The molecular weight excluding hydrogens is 323 g/mol. The summed E-state index contributed by atoms with van der Waals surface area (Å²) in [5, 5.41) is 2.72. The van der Waals surface area contributed by atoms with E-state index in [0.717, 1.165) is 23.3 Å². The summed E-state index contributed by atoms with van der Waals surface area (Å²) in [6.45, 7) is 0.457. The zero-order valence-corrected chi connectivity index (χ0v) is 14.1. The van der Waals surface area contributed by atoms with Crippen LogP contribution in [-0.4, -0.2) is 18.5 Å². The maximum atomic E-state index is 13.1. The average Bonchev–Trinajstić information content (AvgIpc) is 3.44. The summed E-state index contributed by atoms with van der Waals surface area (Å²) >= 11 is 1.42. The predicted molar refractivity (Wildman–Crippen MR) is 95.1 cm³/mol. The van der Waals surface area contributed by atoms with Crippen molar-refractivity contribution in [2.24, 2.45) is 11.7 Å². The number of carbonyl (C=O) groups is 1. The highest BCUT2D eigenvalue weighted by atomic mass is 32.2. The van der Waals surface area contributed by atoms with Crippen molar-refractivity contribution < 1.29 is 9.18 Å². The SMILES string of the molecule is NCC(NC(=O)C(Sc1ccc(F)cc1)c1ccccc1)C1CC1. The average molecular weight is 344 g/mol. The molecule has 1 saturated carbocycles. The summed E-state index contributed by atoms with van der Waals surface area (Å²) in [4.78, 5) is 13.7. The first-order chi connectivity index (χ1) is 11.7. The summed E-state index contributed by atoms with van der Waals surface area (Å²) in [5.74, 6) is 0.182. The van der Waals surface area contributed by atoms with Gasteiger partial charge in [0, 0.05) is 17.5 Å². The van der Waals surface area contributed by atoms with Gasteiger partial charge in [-0.1, -0.05) is 30.3 Å². The number of hydrogen-bond acceptors (Lipinski definition) is 3. The maximum Gasteiger partial charge on any atom is 0.238 e. The van der Waals surface area contributed by atoms with Crippen LogP contribution in [0.25, 0.3) is 0 Å². The number of benzene rings is 2. The molecule has 5 heteroatoms. The van der Waals surface area contributed by atoms with Crippen LogP contribution in [0.5, 0.6) is 0 Å². The van der Waals surface area contributed by atoms with Gasteiger partial charge in [0.2, 0.25) is 5.91 Å². The van der Waals surface area contributed by atoms with Crippen molar-refractivity contribution in [2.45, 2.75) is 29.0 Å². The smallest absolute Gasteiger partial charge is 0.238 e. The molecule has 0 spiro atoms. The molecule has 3 rings (SSSR count). The summed E-state index contributed by atoms with van der Waals surface area (Å²) in [7, 11) is 0. The van der Waals surface area contributed by atoms with E-state index in [4.69, 9.17) is 5.73 Å². The minimum Gasteiger partial charge on any atom is -0.351 e. The number of thioether (sulfide) groups is 1. The third-order valence-electron chi connectivity index (χ3n) is 4.18.